The monoisotopic (exact) mass is 484 g/mol. The zero-order valence-corrected chi connectivity index (χ0v) is 24.9. The molecule has 188 valence electrons. The zero-order chi connectivity index (χ0) is 25.0. The highest BCUT2D eigenvalue weighted by Crippen LogP contribution is 2.42. The first-order valence-electron chi connectivity index (χ1n) is 12.6. The molecule has 0 saturated heterocycles. The molecule has 1 aliphatic rings. The summed E-state index contributed by atoms with van der Waals surface area (Å²) in [6.07, 6.45) is 9.14. The normalized spacial score (nSPS) is 24.5. The molecule has 4 nitrogen and oxygen atoms in total. The number of aliphatic hydroxyl groups excluding tert-OH is 1. The van der Waals surface area contributed by atoms with Gasteiger partial charge in [-0.2, -0.15) is 0 Å². The first-order chi connectivity index (χ1) is 14.5. The molecule has 4 atom stereocenters. The second-order valence-corrected chi connectivity index (χ2v) is 22.3. The molecule has 1 N–H and O–H groups in total. The predicted molar refractivity (Wildman–Crippen MR) is 141 cm³/mol. The van der Waals surface area contributed by atoms with Gasteiger partial charge in [-0.05, 0) is 42.7 Å². The third-order valence-corrected chi connectivity index (χ3v) is 17.1. The molecule has 0 radical (unpaired) electrons. The molecule has 0 aromatic carbocycles. The summed E-state index contributed by atoms with van der Waals surface area (Å²) in [5.41, 5.74) is 0. The van der Waals surface area contributed by atoms with E-state index in [1.165, 1.54) is 12.8 Å². The zero-order valence-electron chi connectivity index (χ0n) is 22.9. The van der Waals surface area contributed by atoms with Crippen molar-refractivity contribution in [3.8, 4) is 0 Å². The number of unbranched alkanes of at least 4 members (excludes halogenated alkanes) is 2. The van der Waals surface area contributed by atoms with Crippen LogP contribution in [-0.4, -0.2) is 46.3 Å². The lowest BCUT2D eigenvalue weighted by Gasteiger charge is -2.40. The van der Waals surface area contributed by atoms with E-state index in [0.717, 1.165) is 12.8 Å². The van der Waals surface area contributed by atoms with Gasteiger partial charge in [-0.25, -0.2) is 0 Å². The number of hydrogen-bond acceptors (Lipinski definition) is 4. The fraction of sp³-hybridized carbons (Fsp3) is 0.885. The second-order valence-electron chi connectivity index (χ2n) is 12.8. The van der Waals surface area contributed by atoms with E-state index < -0.39 is 16.6 Å². The minimum atomic E-state index is -2.02. The molecule has 0 spiro atoms. The Balaban J connectivity index is 3.14. The van der Waals surface area contributed by atoms with Gasteiger partial charge >= 0.3 is 0 Å². The molecule has 0 aromatic rings. The van der Waals surface area contributed by atoms with Crippen molar-refractivity contribution in [1.29, 1.82) is 0 Å². The minimum Gasteiger partial charge on any atom is -0.413 e. The fourth-order valence-corrected chi connectivity index (χ4v) is 6.37. The van der Waals surface area contributed by atoms with Crippen LogP contribution in [0.2, 0.25) is 36.3 Å². The van der Waals surface area contributed by atoms with Crippen molar-refractivity contribution in [3.05, 3.63) is 12.2 Å². The number of hydrogen-bond donors (Lipinski definition) is 1. The van der Waals surface area contributed by atoms with E-state index in [4.69, 9.17) is 8.85 Å². The van der Waals surface area contributed by atoms with Crippen LogP contribution in [0.1, 0.15) is 80.6 Å². The molecular formula is C26H52O4Si2. The van der Waals surface area contributed by atoms with Crippen LogP contribution in [0.25, 0.3) is 0 Å². The summed E-state index contributed by atoms with van der Waals surface area (Å²) >= 11 is 0. The lowest BCUT2D eigenvalue weighted by Crippen LogP contribution is -2.45. The molecule has 6 heteroatoms. The van der Waals surface area contributed by atoms with E-state index in [2.05, 4.69) is 86.8 Å². The summed E-state index contributed by atoms with van der Waals surface area (Å²) in [7, 11) is -3.94. The Labute approximate surface area is 200 Å². The standard InChI is InChI=1S/C26H52O4Si2/c1-12-13-14-15-20(29-31(8,9)25(2,3)4)16-17-21-22(19-27)23(28)18-24(21)30-32(10,11)26(5,6)7/h16-17,20-22,24,27H,12-15,18-19H2,1-11H3/t20-,21?,22?,24?/m0/s1. The molecule has 3 unspecified atom stereocenters. The number of Topliss-reactive ketones (excluding diaryl/α,β-unsaturated/α-hetero) is 1. The summed E-state index contributed by atoms with van der Waals surface area (Å²) in [6, 6.07) is 0. The van der Waals surface area contributed by atoms with Gasteiger partial charge < -0.3 is 14.0 Å². The average Bonchev–Trinajstić information content (AvgIpc) is 2.91. The van der Waals surface area contributed by atoms with Crippen LogP contribution >= 0.6 is 0 Å². The van der Waals surface area contributed by atoms with Gasteiger partial charge in [-0.3, -0.25) is 4.79 Å². The maximum atomic E-state index is 12.7. The number of aliphatic hydroxyl groups is 1. The van der Waals surface area contributed by atoms with Gasteiger partial charge in [0.15, 0.2) is 16.6 Å². The van der Waals surface area contributed by atoms with Gasteiger partial charge in [0.2, 0.25) is 0 Å². The Morgan fingerprint density at radius 2 is 1.59 bits per heavy atom. The van der Waals surface area contributed by atoms with E-state index in [0.29, 0.717) is 6.42 Å². The molecule has 1 fully saturated rings. The predicted octanol–water partition coefficient (Wildman–Crippen LogP) is 7.10. The van der Waals surface area contributed by atoms with Crippen molar-refractivity contribution in [2.45, 2.75) is 129 Å². The number of rotatable bonds is 11. The van der Waals surface area contributed by atoms with E-state index in [1.807, 2.05) is 0 Å². The van der Waals surface area contributed by atoms with E-state index in [9.17, 15) is 9.90 Å². The highest BCUT2D eigenvalue weighted by molar-refractivity contribution is 6.74. The second kappa shape index (κ2) is 11.4. The van der Waals surface area contributed by atoms with Crippen molar-refractivity contribution in [2.75, 3.05) is 6.61 Å². The van der Waals surface area contributed by atoms with Crippen molar-refractivity contribution < 1.29 is 18.8 Å². The first kappa shape index (κ1) is 29.8. The van der Waals surface area contributed by atoms with Crippen LogP contribution in [0.5, 0.6) is 0 Å². The van der Waals surface area contributed by atoms with E-state index in [-0.39, 0.29) is 46.5 Å². The Morgan fingerprint density at radius 3 is 2.06 bits per heavy atom. The first-order valence-corrected chi connectivity index (χ1v) is 18.5. The molecule has 1 saturated carbocycles. The molecular weight excluding hydrogens is 432 g/mol. The Hall–Kier alpha value is -0.276. The van der Waals surface area contributed by atoms with Crippen LogP contribution in [0.3, 0.4) is 0 Å². The highest BCUT2D eigenvalue weighted by Gasteiger charge is 2.47. The number of carbonyl (C=O) groups excluding carboxylic acids is 1. The Morgan fingerprint density at radius 1 is 1.03 bits per heavy atom. The van der Waals surface area contributed by atoms with Crippen LogP contribution in [0, 0.1) is 11.8 Å². The Bertz CT molecular complexity index is 629. The molecule has 32 heavy (non-hydrogen) atoms. The third kappa shape index (κ3) is 7.90. The molecule has 1 rings (SSSR count). The molecule has 0 heterocycles. The summed E-state index contributed by atoms with van der Waals surface area (Å²) in [6.45, 7) is 24.7. The largest absolute Gasteiger partial charge is 0.413 e. The van der Waals surface area contributed by atoms with E-state index in [1.54, 1.807) is 0 Å². The minimum absolute atomic E-state index is 0.0472. The van der Waals surface area contributed by atoms with Crippen molar-refractivity contribution in [1.82, 2.24) is 0 Å². The van der Waals surface area contributed by atoms with Gasteiger partial charge in [0, 0.05) is 18.3 Å². The van der Waals surface area contributed by atoms with Gasteiger partial charge in [0.1, 0.15) is 5.78 Å². The molecule has 0 aliphatic heterocycles. The molecule has 0 aromatic heterocycles. The summed E-state index contributed by atoms with van der Waals surface area (Å²) in [5, 5.41) is 10.2. The third-order valence-electron chi connectivity index (χ3n) is 8.05. The van der Waals surface area contributed by atoms with Gasteiger partial charge in [0.05, 0.1) is 18.8 Å². The maximum absolute atomic E-state index is 12.7. The van der Waals surface area contributed by atoms with Crippen molar-refractivity contribution in [2.24, 2.45) is 11.8 Å². The van der Waals surface area contributed by atoms with Crippen LogP contribution < -0.4 is 0 Å². The molecule has 0 amide bonds. The number of ketones is 1. The van der Waals surface area contributed by atoms with Gasteiger partial charge in [-0.15, -0.1) is 0 Å². The lowest BCUT2D eigenvalue weighted by molar-refractivity contribution is -0.122. The van der Waals surface area contributed by atoms with Crippen LogP contribution in [-0.2, 0) is 13.6 Å². The lowest BCUT2D eigenvalue weighted by atomic mass is 9.94. The van der Waals surface area contributed by atoms with E-state index >= 15 is 0 Å². The van der Waals surface area contributed by atoms with Crippen molar-refractivity contribution in [3.63, 3.8) is 0 Å². The molecule has 0 bridgehead atoms. The van der Waals surface area contributed by atoms with Gasteiger partial charge in [-0.1, -0.05) is 79.9 Å². The summed E-state index contributed by atoms with van der Waals surface area (Å²) in [4.78, 5) is 12.7. The topological polar surface area (TPSA) is 55.8 Å². The highest BCUT2D eigenvalue weighted by atomic mass is 28.4. The van der Waals surface area contributed by atoms with Gasteiger partial charge in [0.25, 0.3) is 0 Å². The molecule has 1 aliphatic carbocycles. The van der Waals surface area contributed by atoms with Crippen LogP contribution in [0.15, 0.2) is 12.2 Å². The number of carbonyl (C=O) groups is 1. The maximum Gasteiger partial charge on any atom is 0.192 e. The fourth-order valence-electron chi connectivity index (χ4n) is 3.71. The summed E-state index contributed by atoms with van der Waals surface area (Å²) < 4.78 is 13.5. The Kier molecular flexibility index (Phi) is 10.6. The smallest absolute Gasteiger partial charge is 0.192 e. The van der Waals surface area contributed by atoms with Crippen molar-refractivity contribution >= 4 is 22.4 Å². The average molecular weight is 485 g/mol. The summed E-state index contributed by atoms with van der Waals surface area (Å²) in [5.74, 6) is -0.331. The SMILES string of the molecule is CCCCC[C@@H](C=CC1C(O[Si](C)(C)C(C)(C)C)CC(=O)C1CO)O[Si](C)(C)C(C)(C)C. The van der Waals surface area contributed by atoms with Crippen LogP contribution in [0.4, 0.5) is 0 Å². The quantitative estimate of drug-likeness (QED) is 0.193.